The predicted molar refractivity (Wildman–Crippen MR) is 104 cm³/mol. The zero-order valence-electron chi connectivity index (χ0n) is 15.9. The van der Waals surface area contributed by atoms with Gasteiger partial charge in [0.1, 0.15) is 5.82 Å². The van der Waals surface area contributed by atoms with E-state index in [1.165, 1.54) is 12.1 Å². The molecule has 3 rings (SSSR count). The Kier molecular flexibility index (Phi) is 6.40. The van der Waals surface area contributed by atoms with Gasteiger partial charge in [0.05, 0.1) is 11.7 Å². The number of hydrogen-bond donors (Lipinski definition) is 1. The number of likely N-dealkylation sites (tertiary alicyclic amines) is 1. The molecular formula is C21H27FN4O. The summed E-state index contributed by atoms with van der Waals surface area (Å²) in [6, 6.07) is 12.4. The van der Waals surface area contributed by atoms with Crippen molar-refractivity contribution in [2.75, 3.05) is 20.1 Å². The van der Waals surface area contributed by atoms with Crippen LogP contribution in [0.5, 0.6) is 0 Å². The van der Waals surface area contributed by atoms with Crippen LogP contribution < -0.4 is 5.32 Å². The number of benzene rings is 1. The first kappa shape index (κ1) is 19.3. The van der Waals surface area contributed by atoms with E-state index >= 15 is 0 Å². The summed E-state index contributed by atoms with van der Waals surface area (Å²) in [6.07, 6.45) is 3.58. The molecule has 1 atom stereocenters. The van der Waals surface area contributed by atoms with Crippen LogP contribution in [0.3, 0.4) is 0 Å². The highest BCUT2D eigenvalue weighted by Gasteiger charge is 2.24. The fourth-order valence-electron chi connectivity index (χ4n) is 3.36. The molecule has 1 aliphatic heterocycles. The summed E-state index contributed by atoms with van der Waals surface area (Å²) in [5.74, 6) is -0.204. The van der Waals surface area contributed by atoms with Crippen LogP contribution in [-0.4, -0.2) is 47.0 Å². The molecule has 5 nitrogen and oxygen atoms in total. The lowest BCUT2D eigenvalue weighted by molar-refractivity contribution is 0.166. The second-order valence-corrected chi connectivity index (χ2v) is 7.17. The quantitative estimate of drug-likeness (QED) is 0.875. The second-order valence-electron chi connectivity index (χ2n) is 7.17. The molecule has 0 aliphatic carbocycles. The molecule has 0 radical (unpaired) electrons. The minimum Gasteiger partial charge on any atom is -0.335 e. The van der Waals surface area contributed by atoms with Gasteiger partial charge in [0.2, 0.25) is 0 Å². The summed E-state index contributed by atoms with van der Waals surface area (Å²) >= 11 is 0. The minimum absolute atomic E-state index is 0.0647. The van der Waals surface area contributed by atoms with Crippen molar-refractivity contribution in [3.63, 3.8) is 0 Å². The Labute approximate surface area is 160 Å². The molecule has 1 N–H and O–H groups in total. The fourth-order valence-corrected chi connectivity index (χ4v) is 3.36. The van der Waals surface area contributed by atoms with Gasteiger partial charge >= 0.3 is 6.03 Å². The van der Waals surface area contributed by atoms with Crippen molar-refractivity contribution in [1.82, 2.24) is 20.1 Å². The number of aromatic nitrogens is 1. The first-order valence-electron chi connectivity index (χ1n) is 9.44. The van der Waals surface area contributed by atoms with E-state index in [9.17, 15) is 9.18 Å². The number of urea groups is 1. The molecule has 1 unspecified atom stereocenters. The van der Waals surface area contributed by atoms with E-state index in [0.29, 0.717) is 0 Å². The Morgan fingerprint density at radius 2 is 1.96 bits per heavy atom. The molecule has 1 aliphatic rings. The molecule has 1 fully saturated rings. The highest BCUT2D eigenvalue weighted by atomic mass is 19.1. The third-order valence-corrected chi connectivity index (χ3v) is 5.25. The maximum Gasteiger partial charge on any atom is 0.317 e. The number of pyridine rings is 1. The number of carbonyl (C=O) groups is 1. The van der Waals surface area contributed by atoms with Gasteiger partial charge in [0.15, 0.2) is 0 Å². The van der Waals surface area contributed by atoms with E-state index in [1.54, 1.807) is 18.1 Å². The van der Waals surface area contributed by atoms with Crippen LogP contribution >= 0.6 is 0 Å². The second kappa shape index (κ2) is 8.95. The Morgan fingerprint density at radius 1 is 1.26 bits per heavy atom. The highest BCUT2D eigenvalue weighted by Crippen LogP contribution is 2.18. The summed E-state index contributed by atoms with van der Waals surface area (Å²) < 4.78 is 13.0. The van der Waals surface area contributed by atoms with Gasteiger partial charge in [-0.1, -0.05) is 18.2 Å². The number of rotatable bonds is 5. The van der Waals surface area contributed by atoms with Gasteiger partial charge in [-0.25, -0.2) is 9.18 Å². The smallest absolute Gasteiger partial charge is 0.317 e. The number of carbonyl (C=O) groups excluding carboxylic acids is 1. The topological polar surface area (TPSA) is 48.5 Å². The molecule has 144 valence electrons. The van der Waals surface area contributed by atoms with E-state index in [1.807, 2.05) is 37.3 Å². The normalized spacial score (nSPS) is 16.7. The third-order valence-electron chi connectivity index (χ3n) is 5.25. The Balaban J connectivity index is 1.45. The maximum atomic E-state index is 13.0. The van der Waals surface area contributed by atoms with Crippen LogP contribution in [0.4, 0.5) is 9.18 Å². The molecule has 6 heteroatoms. The molecule has 1 aromatic heterocycles. The average Bonchev–Trinajstić information content (AvgIpc) is 2.70. The van der Waals surface area contributed by atoms with Crippen LogP contribution in [0.2, 0.25) is 0 Å². The predicted octanol–water partition coefficient (Wildman–Crippen LogP) is 3.59. The van der Waals surface area contributed by atoms with Crippen LogP contribution in [0.1, 0.15) is 37.1 Å². The fraction of sp³-hybridized carbons (Fsp3) is 0.429. The van der Waals surface area contributed by atoms with Gasteiger partial charge in [-0.2, -0.15) is 0 Å². The lowest BCUT2D eigenvalue weighted by Crippen LogP contribution is -2.48. The lowest BCUT2D eigenvalue weighted by Gasteiger charge is -2.34. The van der Waals surface area contributed by atoms with Gasteiger partial charge in [-0.3, -0.25) is 9.88 Å². The van der Waals surface area contributed by atoms with Crippen molar-refractivity contribution >= 4 is 6.03 Å². The van der Waals surface area contributed by atoms with Crippen LogP contribution in [0.25, 0.3) is 0 Å². The molecule has 1 aromatic carbocycles. The lowest BCUT2D eigenvalue weighted by atomic mass is 10.0. The summed E-state index contributed by atoms with van der Waals surface area (Å²) in [6.45, 7) is 4.63. The SMILES string of the molecule is CC(c1ccccn1)N(C)C(=O)NC1CCN(Cc2ccc(F)cc2)CC1. The number of amides is 2. The summed E-state index contributed by atoms with van der Waals surface area (Å²) in [4.78, 5) is 20.9. The molecule has 0 bridgehead atoms. The minimum atomic E-state index is -0.204. The number of piperidine rings is 1. The Bertz CT molecular complexity index is 730. The van der Waals surface area contributed by atoms with Gasteiger partial charge < -0.3 is 10.2 Å². The van der Waals surface area contributed by atoms with Crippen LogP contribution in [-0.2, 0) is 6.54 Å². The van der Waals surface area contributed by atoms with Crippen molar-refractivity contribution in [1.29, 1.82) is 0 Å². The van der Waals surface area contributed by atoms with Crippen LogP contribution in [0.15, 0.2) is 48.7 Å². The van der Waals surface area contributed by atoms with Crippen molar-refractivity contribution in [2.24, 2.45) is 0 Å². The molecular weight excluding hydrogens is 343 g/mol. The summed E-state index contributed by atoms with van der Waals surface area (Å²) in [7, 11) is 1.80. The van der Waals surface area contributed by atoms with Crippen molar-refractivity contribution in [3.05, 3.63) is 65.7 Å². The number of nitrogens with one attached hydrogen (secondary N) is 1. The molecule has 1 saturated heterocycles. The van der Waals surface area contributed by atoms with Crippen molar-refractivity contribution in [2.45, 2.75) is 38.4 Å². The Morgan fingerprint density at radius 3 is 2.59 bits per heavy atom. The first-order chi connectivity index (χ1) is 13.0. The molecule has 2 aromatic rings. The van der Waals surface area contributed by atoms with E-state index in [4.69, 9.17) is 0 Å². The van der Waals surface area contributed by atoms with E-state index in [-0.39, 0.29) is 23.9 Å². The Hall–Kier alpha value is -2.47. The maximum absolute atomic E-state index is 13.0. The number of hydrogen-bond acceptors (Lipinski definition) is 3. The van der Waals surface area contributed by atoms with Crippen LogP contribution in [0, 0.1) is 5.82 Å². The average molecular weight is 370 g/mol. The van der Waals surface area contributed by atoms with Gasteiger partial charge in [-0.15, -0.1) is 0 Å². The highest BCUT2D eigenvalue weighted by molar-refractivity contribution is 5.74. The summed E-state index contributed by atoms with van der Waals surface area (Å²) in [5, 5.41) is 3.14. The first-order valence-corrected chi connectivity index (χ1v) is 9.44. The standard InChI is InChI=1S/C21H27FN4O/c1-16(20-5-3-4-12-23-20)25(2)21(27)24-19-10-13-26(14-11-19)15-17-6-8-18(22)9-7-17/h3-9,12,16,19H,10-11,13-15H2,1-2H3,(H,24,27). The monoisotopic (exact) mass is 370 g/mol. The van der Waals surface area contributed by atoms with Gasteiger partial charge in [0, 0.05) is 38.9 Å². The largest absolute Gasteiger partial charge is 0.335 e. The van der Waals surface area contributed by atoms with Gasteiger partial charge in [0.25, 0.3) is 0 Å². The van der Waals surface area contributed by atoms with Gasteiger partial charge in [-0.05, 0) is 49.6 Å². The number of halogens is 1. The third kappa shape index (κ3) is 5.26. The van der Waals surface area contributed by atoms with E-state index in [0.717, 1.165) is 43.7 Å². The molecule has 2 amide bonds. The summed E-state index contributed by atoms with van der Waals surface area (Å²) in [5.41, 5.74) is 1.99. The molecule has 27 heavy (non-hydrogen) atoms. The zero-order chi connectivity index (χ0) is 19.2. The number of nitrogens with zero attached hydrogens (tertiary/aromatic N) is 3. The molecule has 2 heterocycles. The van der Waals surface area contributed by atoms with Crippen molar-refractivity contribution < 1.29 is 9.18 Å². The zero-order valence-corrected chi connectivity index (χ0v) is 15.9. The molecule has 0 saturated carbocycles. The molecule has 0 spiro atoms. The van der Waals surface area contributed by atoms with E-state index < -0.39 is 0 Å². The van der Waals surface area contributed by atoms with Crippen molar-refractivity contribution in [3.8, 4) is 0 Å². The van der Waals surface area contributed by atoms with E-state index in [2.05, 4.69) is 15.2 Å².